The molecule has 0 aliphatic rings. The maximum Gasteiger partial charge on any atom is 0.0995 e. The van der Waals surface area contributed by atoms with Crippen LogP contribution >= 0.6 is 0 Å². The van der Waals surface area contributed by atoms with E-state index in [-0.39, 0.29) is 39.6 Å². The van der Waals surface area contributed by atoms with Crippen molar-refractivity contribution in [2.45, 2.75) is 27.7 Å². The van der Waals surface area contributed by atoms with Gasteiger partial charge >= 0.3 is 0 Å². The van der Waals surface area contributed by atoms with Crippen molar-refractivity contribution in [2.75, 3.05) is 0 Å². The van der Waals surface area contributed by atoms with Gasteiger partial charge in [-0.05, 0) is 38.0 Å². The Balaban J connectivity index is -0.000000103. The smallest absolute Gasteiger partial charge is 0.0995 e. The van der Waals surface area contributed by atoms with E-state index in [0.717, 1.165) is 5.34 Å². The molecule has 0 bridgehead atoms. The fraction of sp³-hybridized carbons (Fsp3) is 0.500. The SMILES string of the molecule is CC(N=O)=C(C)N[O-].CC(N=O)=C(C)N[O-].O=N[O-].[Co]. The van der Waals surface area contributed by atoms with Gasteiger partial charge in [-0.2, -0.15) is 0 Å². The van der Waals surface area contributed by atoms with Gasteiger partial charge in [0.15, 0.2) is 0 Å². The summed E-state index contributed by atoms with van der Waals surface area (Å²) in [5, 5.41) is 33.5. The van der Waals surface area contributed by atoms with Gasteiger partial charge in [-0.3, -0.25) is 0 Å². The summed E-state index contributed by atoms with van der Waals surface area (Å²) in [5.74, 6) is 0. The Labute approximate surface area is 125 Å². The molecule has 1 radical (unpaired) electrons. The van der Waals surface area contributed by atoms with Gasteiger partial charge in [0.25, 0.3) is 0 Å². The van der Waals surface area contributed by atoms with E-state index in [4.69, 9.17) is 10.1 Å². The number of hydrogen-bond acceptors (Lipinski definition) is 11. The Morgan fingerprint density at radius 3 is 1.05 bits per heavy atom. The Hall–Kier alpha value is -1.89. The Morgan fingerprint density at radius 1 is 0.800 bits per heavy atom. The first-order chi connectivity index (χ1) is 8.85. The number of nitroso groups, excluding NO2 is 2. The van der Waals surface area contributed by atoms with Crippen molar-refractivity contribution in [3.05, 3.63) is 53.1 Å². The number of allylic oxidation sites excluding steroid dienone is 4. The van der Waals surface area contributed by atoms with Crippen molar-refractivity contribution in [2.24, 2.45) is 15.7 Å². The Morgan fingerprint density at radius 2 is 1.00 bits per heavy atom. The summed E-state index contributed by atoms with van der Waals surface area (Å²) in [6.07, 6.45) is 0. The predicted molar refractivity (Wildman–Crippen MR) is 70.5 cm³/mol. The molecule has 0 spiro atoms. The van der Waals surface area contributed by atoms with Crippen LogP contribution in [0.4, 0.5) is 0 Å². The molecule has 0 atom stereocenters. The van der Waals surface area contributed by atoms with Crippen molar-refractivity contribution < 1.29 is 16.8 Å². The molecular formula is C8H14CoN5O6-3. The van der Waals surface area contributed by atoms with Gasteiger partial charge in [-0.25, -0.2) is 0 Å². The average Bonchev–Trinajstić information content (AvgIpc) is 2.45. The van der Waals surface area contributed by atoms with E-state index < -0.39 is 0 Å². The van der Waals surface area contributed by atoms with Crippen molar-refractivity contribution in [3.63, 3.8) is 0 Å². The molecule has 11 nitrogen and oxygen atoms in total. The number of nitrogens with zero attached hydrogens (tertiary/aromatic N) is 3. The molecule has 0 aromatic carbocycles. The number of nitrogens with one attached hydrogen (secondary N) is 2. The minimum Gasteiger partial charge on any atom is -0.761 e. The molecule has 119 valence electrons. The van der Waals surface area contributed by atoms with Gasteiger partial charge in [-0.1, -0.05) is 0 Å². The summed E-state index contributed by atoms with van der Waals surface area (Å²) in [6.45, 7) is 5.91. The second-order valence-corrected chi connectivity index (χ2v) is 2.88. The third kappa shape index (κ3) is 18.5. The van der Waals surface area contributed by atoms with Crippen LogP contribution in [0.1, 0.15) is 27.7 Å². The van der Waals surface area contributed by atoms with E-state index in [0.29, 0.717) is 0 Å². The van der Waals surface area contributed by atoms with Gasteiger partial charge in [0.1, 0.15) is 0 Å². The maximum atomic E-state index is 9.72. The van der Waals surface area contributed by atoms with Crippen LogP contribution in [0.25, 0.3) is 0 Å². The van der Waals surface area contributed by atoms with Crippen molar-refractivity contribution >= 4 is 0 Å². The Kier molecular flexibility index (Phi) is 25.9. The quantitative estimate of drug-likeness (QED) is 0.579. The molecule has 0 amide bonds. The number of hydrogen-bond donors (Lipinski definition) is 2. The second-order valence-electron chi connectivity index (χ2n) is 2.88. The minimum absolute atomic E-state index is 0. The maximum absolute atomic E-state index is 9.72. The molecule has 0 aromatic heterocycles. The summed E-state index contributed by atoms with van der Waals surface area (Å²) in [6, 6.07) is 0. The first kappa shape index (κ1) is 26.6. The molecule has 12 heteroatoms. The van der Waals surface area contributed by atoms with Crippen molar-refractivity contribution in [1.29, 1.82) is 0 Å². The van der Waals surface area contributed by atoms with Gasteiger partial charge in [0, 0.05) is 28.2 Å². The van der Waals surface area contributed by atoms with Crippen LogP contribution in [-0.2, 0) is 16.8 Å². The molecule has 0 saturated carbocycles. The zero-order valence-electron chi connectivity index (χ0n) is 11.1. The monoisotopic (exact) mass is 335 g/mol. The summed E-state index contributed by atoms with van der Waals surface area (Å²) in [5.41, 5.74) is 4.02. The molecule has 0 unspecified atom stereocenters. The van der Waals surface area contributed by atoms with Crippen LogP contribution in [-0.4, -0.2) is 0 Å². The van der Waals surface area contributed by atoms with E-state index in [2.05, 4.69) is 10.4 Å². The minimum atomic E-state index is 0. The van der Waals surface area contributed by atoms with Crippen molar-refractivity contribution in [3.8, 4) is 0 Å². The predicted octanol–water partition coefficient (Wildman–Crippen LogP) is 2.43. The van der Waals surface area contributed by atoms with Crippen LogP contribution in [0.2, 0.25) is 0 Å². The average molecular weight is 335 g/mol. The molecular weight excluding hydrogens is 321 g/mol. The molecule has 0 fully saturated rings. The van der Waals surface area contributed by atoms with E-state index >= 15 is 0 Å². The summed E-state index contributed by atoms with van der Waals surface area (Å²) >= 11 is 0. The van der Waals surface area contributed by atoms with Gasteiger partial charge < -0.3 is 31.5 Å². The van der Waals surface area contributed by atoms with Gasteiger partial charge in [-0.15, -0.1) is 15.2 Å². The van der Waals surface area contributed by atoms with E-state index in [9.17, 15) is 20.2 Å². The Bertz CT molecular complexity index is 316. The van der Waals surface area contributed by atoms with E-state index in [1.54, 1.807) is 11.0 Å². The molecule has 2 N–H and O–H groups in total. The van der Waals surface area contributed by atoms with Crippen molar-refractivity contribution in [1.82, 2.24) is 11.0 Å². The fourth-order valence-corrected chi connectivity index (χ4v) is 0.285. The standard InChI is InChI=1S/2C4H7N2O2.Co.HNO2/c2*1-3(5-7)4(2)6-8;;2-1-3/h2*5H,1-2H3;;(H,2,3)/q2*-1;;/p-1. The topological polar surface area (TPSA) is 182 Å². The van der Waals surface area contributed by atoms with Gasteiger partial charge in [0.2, 0.25) is 0 Å². The van der Waals surface area contributed by atoms with Gasteiger partial charge in [0.05, 0.1) is 11.4 Å². The van der Waals surface area contributed by atoms with Crippen LogP contribution in [0.15, 0.2) is 38.5 Å². The first-order valence-corrected chi connectivity index (χ1v) is 4.59. The first-order valence-electron chi connectivity index (χ1n) is 4.59. The zero-order valence-corrected chi connectivity index (χ0v) is 12.2. The van der Waals surface area contributed by atoms with Crippen LogP contribution in [0, 0.1) is 30.3 Å². The van der Waals surface area contributed by atoms with Crippen LogP contribution < -0.4 is 11.0 Å². The molecule has 0 saturated heterocycles. The third-order valence-corrected chi connectivity index (χ3v) is 1.67. The number of rotatable bonds is 4. The van der Waals surface area contributed by atoms with E-state index in [1.807, 2.05) is 0 Å². The normalized spacial score (nSPS) is 10.5. The second kappa shape index (κ2) is 19.4. The molecule has 20 heavy (non-hydrogen) atoms. The van der Waals surface area contributed by atoms with Crippen LogP contribution in [0.5, 0.6) is 0 Å². The van der Waals surface area contributed by atoms with Crippen LogP contribution in [0.3, 0.4) is 0 Å². The summed E-state index contributed by atoms with van der Waals surface area (Å²) < 4.78 is 0. The molecule has 0 aromatic rings. The zero-order chi connectivity index (χ0) is 15.8. The van der Waals surface area contributed by atoms with E-state index in [1.165, 1.54) is 27.7 Å². The molecule has 0 aliphatic carbocycles. The molecule has 0 aliphatic heterocycles. The molecule has 0 rings (SSSR count). The largest absolute Gasteiger partial charge is 0.761 e. The fourth-order valence-electron chi connectivity index (χ4n) is 0.285. The molecule has 0 heterocycles. The number of hydroxylamine groups is 2. The third-order valence-electron chi connectivity index (χ3n) is 1.67. The summed E-state index contributed by atoms with van der Waals surface area (Å²) in [7, 11) is 0. The summed E-state index contributed by atoms with van der Waals surface area (Å²) in [4.78, 5) is 27.2.